The third-order valence-electron chi connectivity index (χ3n) is 4.54. The highest BCUT2D eigenvalue weighted by Gasteiger charge is 2.29. The summed E-state index contributed by atoms with van der Waals surface area (Å²) in [6.45, 7) is 3.98. The average molecular weight is 335 g/mol. The number of carbonyl (C=O) groups excluding carboxylic acids is 1. The Kier molecular flexibility index (Phi) is 4.48. The molecule has 1 saturated carbocycles. The zero-order valence-corrected chi connectivity index (χ0v) is 14.3. The molecular weight excluding hydrogens is 312 g/mol. The third-order valence-corrected chi connectivity index (χ3v) is 4.78. The Morgan fingerprint density at radius 2 is 2.04 bits per heavy atom. The van der Waals surface area contributed by atoms with Gasteiger partial charge in [0.25, 0.3) is 0 Å². The normalized spacial score (nSPS) is 21.7. The predicted molar refractivity (Wildman–Crippen MR) is 93.4 cm³/mol. The van der Waals surface area contributed by atoms with Gasteiger partial charge in [0, 0.05) is 23.0 Å². The number of fused-ring (bicyclic) bond motifs is 1. The lowest BCUT2D eigenvalue weighted by Gasteiger charge is -2.30. The van der Waals surface area contributed by atoms with Crippen LogP contribution in [0.25, 0.3) is 11.0 Å². The van der Waals surface area contributed by atoms with E-state index in [1.807, 2.05) is 32.0 Å². The maximum atomic E-state index is 12.2. The zero-order chi connectivity index (χ0) is 16.6. The molecule has 1 fully saturated rings. The number of nitrogens with two attached hydrogens (primary N) is 1. The van der Waals surface area contributed by atoms with Crippen molar-refractivity contribution in [3.8, 4) is 0 Å². The van der Waals surface area contributed by atoms with Crippen molar-refractivity contribution < 1.29 is 4.79 Å². The van der Waals surface area contributed by atoms with Crippen molar-refractivity contribution >= 4 is 34.5 Å². The van der Waals surface area contributed by atoms with Crippen LogP contribution < -0.4 is 11.1 Å². The Morgan fingerprint density at radius 3 is 2.70 bits per heavy atom. The first-order valence-electron chi connectivity index (χ1n) is 8.19. The van der Waals surface area contributed by atoms with Crippen LogP contribution in [0, 0.1) is 5.92 Å². The summed E-state index contributed by atoms with van der Waals surface area (Å²) in [5, 5.41) is 3.69. The van der Waals surface area contributed by atoms with Crippen LogP contribution in [-0.4, -0.2) is 21.5 Å². The highest BCUT2D eigenvalue weighted by molar-refractivity contribution is 6.31. The Labute approximate surface area is 141 Å². The number of nitrogens with zero attached hydrogens (tertiary/aromatic N) is 2. The first kappa shape index (κ1) is 16.1. The van der Waals surface area contributed by atoms with E-state index in [4.69, 9.17) is 17.3 Å². The van der Waals surface area contributed by atoms with E-state index in [2.05, 4.69) is 14.9 Å². The van der Waals surface area contributed by atoms with Gasteiger partial charge in [-0.1, -0.05) is 11.6 Å². The molecule has 0 saturated heterocycles. The molecule has 0 bridgehead atoms. The summed E-state index contributed by atoms with van der Waals surface area (Å²) >= 11 is 6.12. The standard InChI is InChI=1S/C17H23ClN4O/c1-10(2)20-16(23)11-3-6-13(7-4-11)22-15-9-12(18)5-8-14(15)21-17(22)19/h5,8-11,13H,3-4,6-7H2,1-2H3,(H2,19,21)(H,20,23). The molecule has 0 aliphatic heterocycles. The van der Waals surface area contributed by atoms with E-state index in [1.165, 1.54) is 0 Å². The lowest BCUT2D eigenvalue weighted by Crippen LogP contribution is -2.37. The second kappa shape index (κ2) is 6.40. The van der Waals surface area contributed by atoms with Crippen LogP contribution in [0.5, 0.6) is 0 Å². The molecule has 1 aromatic carbocycles. The topological polar surface area (TPSA) is 72.9 Å². The van der Waals surface area contributed by atoms with Crippen molar-refractivity contribution in [3.05, 3.63) is 23.2 Å². The molecule has 1 amide bonds. The zero-order valence-electron chi connectivity index (χ0n) is 13.6. The Balaban J connectivity index is 1.77. The number of amides is 1. The fourth-order valence-corrected chi connectivity index (χ4v) is 3.63. The van der Waals surface area contributed by atoms with Gasteiger partial charge in [-0.2, -0.15) is 0 Å². The second-order valence-corrected chi connectivity index (χ2v) is 7.08. The average Bonchev–Trinajstić information content (AvgIpc) is 2.82. The number of anilines is 1. The molecule has 0 radical (unpaired) electrons. The minimum absolute atomic E-state index is 0.105. The predicted octanol–water partition coefficient (Wildman–Crippen LogP) is 3.53. The molecule has 1 aliphatic carbocycles. The molecule has 124 valence electrons. The summed E-state index contributed by atoms with van der Waals surface area (Å²) in [5.41, 5.74) is 7.97. The number of aromatic nitrogens is 2. The summed E-state index contributed by atoms with van der Waals surface area (Å²) in [4.78, 5) is 16.6. The Morgan fingerprint density at radius 1 is 1.35 bits per heavy atom. The summed E-state index contributed by atoms with van der Waals surface area (Å²) in [6, 6.07) is 6.11. The highest BCUT2D eigenvalue weighted by atomic mass is 35.5. The molecule has 6 heteroatoms. The Bertz CT molecular complexity index is 717. The fraction of sp³-hybridized carbons (Fsp3) is 0.529. The third kappa shape index (κ3) is 3.29. The van der Waals surface area contributed by atoms with Crippen molar-refractivity contribution in [2.45, 2.75) is 51.6 Å². The lowest BCUT2D eigenvalue weighted by molar-refractivity contribution is -0.126. The molecule has 0 atom stereocenters. The maximum Gasteiger partial charge on any atom is 0.223 e. The van der Waals surface area contributed by atoms with Crippen molar-refractivity contribution in [2.75, 3.05) is 5.73 Å². The smallest absolute Gasteiger partial charge is 0.223 e. The van der Waals surface area contributed by atoms with Crippen LogP contribution in [0.1, 0.15) is 45.6 Å². The summed E-state index contributed by atoms with van der Waals surface area (Å²) in [7, 11) is 0. The van der Waals surface area contributed by atoms with Gasteiger partial charge in [0.2, 0.25) is 11.9 Å². The van der Waals surface area contributed by atoms with Crippen molar-refractivity contribution in [1.82, 2.24) is 14.9 Å². The van der Waals surface area contributed by atoms with Crippen LogP contribution in [-0.2, 0) is 4.79 Å². The van der Waals surface area contributed by atoms with Gasteiger partial charge < -0.3 is 15.6 Å². The molecule has 0 unspecified atom stereocenters. The SMILES string of the molecule is CC(C)NC(=O)C1CCC(n2c(N)nc3ccc(Cl)cc32)CC1. The highest BCUT2D eigenvalue weighted by Crippen LogP contribution is 2.36. The quantitative estimate of drug-likeness (QED) is 0.901. The second-order valence-electron chi connectivity index (χ2n) is 6.64. The number of nitrogen functional groups attached to an aromatic ring is 1. The number of nitrogens with one attached hydrogen (secondary N) is 1. The van der Waals surface area contributed by atoms with Crippen LogP contribution in [0.4, 0.5) is 5.95 Å². The van der Waals surface area contributed by atoms with Gasteiger partial charge in [-0.15, -0.1) is 0 Å². The summed E-state index contributed by atoms with van der Waals surface area (Å²) < 4.78 is 2.08. The Hall–Kier alpha value is -1.75. The minimum Gasteiger partial charge on any atom is -0.369 e. The van der Waals surface area contributed by atoms with Gasteiger partial charge in [0.15, 0.2) is 0 Å². The molecule has 23 heavy (non-hydrogen) atoms. The van der Waals surface area contributed by atoms with E-state index in [1.54, 1.807) is 0 Å². The van der Waals surface area contributed by atoms with Gasteiger partial charge in [-0.05, 0) is 57.7 Å². The van der Waals surface area contributed by atoms with Crippen LogP contribution in [0.3, 0.4) is 0 Å². The molecule has 0 spiro atoms. The molecule has 2 aromatic rings. The summed E-state index contributed by atoms with van der Waals surface area (Å²) in [5.74, 6) is 0.801. The van der Waals surface area contributed by atoms with E-state index < -0.39 is 0 Å². The molecule has 3 rings (SSSR count). The van der Waals surface area contributed by atoms with Crippen LogP contribution >= 0.6 is 11.6 Å². The number of halogens is 1. The van der Waals surface area contributed by atoms with Gasteiger partial charge in [-0.3, -0.25) is 4.79 Å². The van der Waals surface area contributed by atoms with Crippen molar-refractivity contribution in [3.63, 3.8) is 0 Å². The van der Waals surface area contributed by atoms with E-state index in [9.17, 15) is 4.79 Å². The number of benzene rings is 1. The first-order valence-corrected chi connectivity index (χ1v) is 8.57. The minimum atomic E-state index is 0.105. The van der Waals surface area contributed by atoms with E-state index in [0.717, 1.165) is 36.7 Å². The molecule has 1 aliphatic rings. The van der Waals surface area contributed by atoms with Gasteiger partial charge in [0.1, 0.15) is 0 Å². The van der Waals surface area contributed by atoms with E-state index in [-0.39, 0.29) is 23.9 Å². The fourth-order valence-electron chi connectivity index (χ4n) is 3.47. The van der Waals surface area contributed by atoms with Gasteiger partial charge >= 0.3 is 0 Å². The number of imidazole rings is 1. The van der Waals surface area contributed by atoms with E-state index >= 15 is 0 Å². The number of hydrogen-bond acceptors (Lipinski definition) is 3. The van der Waals surface area contributed by atoms with Crippen molar-refractivity contribution in [2.24, 2.45) is 5.92 Å². The van der Waals surface area contributed by atoms with Crippen LogP contribution in [0.2, 0.25) is 5.02 Å². The monoisotopic (exact) mass is 334 g/mol. The number of hydrogen-bond donors (Lipinski definition) is 2. The lowest BCUT2D eigenvalue weighted by atomic mass is 9.85. The first-order chi connectivity index (χ1) is 11.0. The molecule has 1 aromatic heterocycles. The number of carbonyl (C=O) groups is 1. The summed E-state index contributed by atoms with van der Waals surface area (Å²) in [6.07, 6.45) is 3.61. The number of rotatable bonds is 3. The van der Waals surface area contributed by atoms with Gasteiger partial charge in [0.05, 0.1) is 11.0 Å². The maximum absolute atomic E-state index is 12.2. The molecular formula is C17H23ClN4O. The van der Waals surface area contributed by atoms with Gasteiger partial charge in [-0.25, -0.2) is 4.98 Å². The molecule has 3 N–H and O–H groups in total. The molecule has 1 heterocycles. The van der Waals surface area contributed by atoms with E-state index in [0.29, 0.717) is 11.0 Å². The van der Waals surface area contributed by atoms with Crippen molar-refractivity contribution in [1.29, 1.82) is 0 Å². The molecule has 5 nitrogen and oxygen atoms in total. The largest absolute Gasteiger partial charge is 0.369 e. The van der Waals surface area contributed by atoms with Crippen LogP contribution in [0.15, 0.2) is 18.2 Å².